The van der Waals surface area contributed by atoms with E-state index in [1.54, 1.807) is 56.1 Å². The molecular formula is C57H58Cl2N6O8. The highest BCUT2D eigenvalue weighted by molar-refractivity contribution is 6.32. The molecule has 8 rings (SSSR count). The van der Waals surface area contributed by atoms with Crippen LogP contribution in [0.15, 0.2) is 103 Å². The summed E-state index contributed by atoms with van der Waals surface area (Å²) in [6.45, 7) is 6.82. The molecule has 2 saturated heterocycles. The van der Waals surface area contributed by atoms with Gasteiger partial charge in [-0.1, -0.05) is 72.4 Å². The van der Waals surface area contributed by atoms with Crippen molar-refractivity contribution in [2.24, 2.45) is 4.99 Å². The van der Waals surface area contributed by atoms with Crippen LogP contribution in [0, 0.1) is 25.2 Å². The average molecular weight is 1030 g/mol. The number of aromatic nitrogens is 2. The second-order valence-electron chi connectivity index (χ2n) is 18.5. The number of carbonyl (C=O) groups is 2. The van der Waals surface area contributed by atoms with Crippen LogP contribution in [0.4, 0.5) is 0 Å². The summed E-state index contributed by atoms with van der Waals surface area (Å²) in [7, 11) is 1.70. The van der Waals surface area contributed by atoms with Crippen molar-refractivity contribution in [3.8, 4) is 40.2 Å². The molecule has 378 valence electrons. The van der Waals surface area contributed by atoms with Gasteiger partial charge in [0.15, 0.2) is 0 Å². The zero-order chi connectivity index (χ0) is 51.4. The lowest BCUT2D eigenvalue weighted by atomic mass is 9.92. The van der Waals surface area contributed by atoms with Crippen molar-refractivity contribution in [3.05, 3.63) is 163 Å². The van der Waals surface area contributed by atoms with E-state index in [9.17, 15) is 25.1 Å². The SMILES string of the molecule is C/N=C/c1cncc(COc2cc(OCc3cccc(-c4cccc(COc5cc(OCc6cncc(C#N)c6)c(CN6CCCC[C@H]6C(=O)O)cc5Cl)c4C)c3C)c(Cl)cc2CN2CCCC[C@H]2C(=O)O)c1. The van der Waals surface area contributed by atoms with Gasteiger partial charge in [0.05, 0.1) is 15.6 Å². The van der Waals surface area contributed by atoms with E-state index in [1.165, 1.54) is 6.20 Å². The van der Waals surface area contributed by atoms with E-state index in [0.717, 1.165) is 81.3 Å². The van der Waals surface area contributed by atoms with E-state index in [0.29, 0.717) is 83.2 Å². The predicted octanol–water partition coefficient (Wildman–Crippen LogP) is 11.2. The molecule has 0 spiro atoms. The van der Waals surface area contributed by atoms with E-state index in [1.807, 2.05) is 46.2 Å². The summed E-state index contributed by atoms with van der Waals surface area (Å²) in [5.74, 6) is 0.169. The number of hydrogen-bond acceptors (Lipinski definition) is 12. The van der Waals surface area contributed by atoms with Crippen molar-refractivity contribution in [2.75, 3.05) is 20.1 Å². The molecule has 2 fully saturated rings. The van der Waals surface area contributed by atoms with Gasteiger partial charge in [0.1, 0.15) is 67.6 Å². The Morgan fingerprint density at radius 3 is 1.62 bits per heavy atom. The molecule has 4 heterocycles. The van der Waals surface area contributed by atoms with Gasteiger partial charge in [0.25, 0.3) is 0 Å². The second kappa shape index (κ2) is 24.6. The molecule has 0 aliphatic carbocycles. The molecule has 0 bridgehead atoms. The normalized spacial score (nSPS) is 16.2. The summed E-state index contributed by atoms with van der Waals surface area (Å²) in [4.78, 5) is 41.0. The third-order valence-electron chi connectivity index (χ3n) is 13.5. The molecule has 4 aromatic carbocycles. The van der Waals surface area contributed by atoms with Crippen molar-refractivity contribution in [3.63, 3.8) is 0 Å². The number of pyridine rings is 2. The number of carboxylic acids is 2. The van der Waals surface area contributed by atoms with E-state index in [2.05, 4.69) is 47.0 Å². The van der Waals surface area contributed by atoms with Gasteiger partial charge in [-0.2, -0.15) is 5.26 Å². The van der Waals surface area contributed by atoms with E-state index in [4.69, 9.17) is 42.1 Å². The van der Waals surface area contributed by atoms with Crippen molar-refractivity contribution >= 4 is 41.4 Å². The molecule has 2 aliphatic heterocycles. The Kier molecular flexibility index (Phi) is 17.6. The van der Waals surface area contributed by atoms with E-state index in [-0.39, 0.29) is 26.4 Å². The van der Waals surface area contributed by atoms with Crippen LogP contribution in [-0.2, 0) is 49.1 Å². The molecular weight excluding hydrogens is 968 g/mol. The minimum atomic E-state index is -0.856. The van der Waals surface area contributed by atoms with Crippen molar-refractivity contribution in [1.29, 1.82) is 5.26 Å². The van der Waals surface area contributed by atoms with Crippen molar-refractivity contribution in [1.82, 2.24) is 19.8 Å². The fourth-order valence-corrected chi connectivity index (χ4v) is 10.1. The molecule has 2 aromatic heterocycles. The summed E-state index contributed by atoms with van der Waals surface area (Å²) < 4.78 is 25.8. The smallest absolute Gasteiger partial charge is 0.320 e. The van der Waals surface area contributed by atoms with Crippen LogP contribution < -0.4 is 18.9 Å². The zero-order valence-corrected chi connectivity index (χ0v) is 42.7. The highest BCUT2D eigenvalue weighted by Crippen LogP contribution is 2.39. The third-order valence-corrected chi connectivity index (χ3v) is 14.1. The maximum atomic E-state index is 12.2. The van der Waals surface area contributed by atoms with Gasteiger partial charge >= 0.3 is 11.9 Å². The monoisotopic (exact) mass is 1020 g/mol. The Morgan fingerprint density at radius 1 is 0.658 bits per heavy atom. The Bertz CT molecular complexity index is 3030. The van der Waals surface area contributed by atoms with E-state index >= 15 is 0 Å². The number of benzene rings is 4. The van der Waals surface area contributed by atoms with Gasteiger partial charge in [0.2, 0.25) is 0 Å². The molecule has 73 heavy (non-hydrogen) atoms. The molecule has 2 N–H and O–H groups in total. The molecule has 0 unspecified atom stereocenters. The predicted molar refractivity (Wildman–Crippen MR) is 280 cm³/mol. The van der Waals surface area contributed by atoms with Crippen LogP contribution >= 0.6 is 23.2 Å². The lowest BCUT2D eigenvalue weighted by Gasteiger charge is -2.33. The quantitative estimate of drug-likeness (QED) is 0.0691. The maximum Gasteiger partial charge on any atom is 0.320 e. The number of nitrogens with zero attached hydrogens (tertiary/aromatic N) is 6. The zero-order valence-electron chi connectivity index (χ0n) is 41.2. The lowest BCUT2D eigenvalue weighted by Crippen LogP contribution is -2.44. The average Bonchev–Trinajstić information content (AvgIpc) is 3.39. The maximum absolute atomic E-state index is 12.2. The minimum absolute atomic E-state index is 0.122. The number of nitriles is 1. The summed E-state index contributed by atoms with van der Waals surface area (Å²) in [6.07, 6.45) is 13.0. The number of likely N-dealkylation sites (tertiary alicyclic amines) is 2. The summed E-state index contributed by atoms with van der Waals surface area (Å²) in [6, 6.07) is 23.9. The summed E-state index contributed by atoms with van der Waals surface area (Å²) >= 11 is 13.9. The fraction of sp³-hybridized carbons (Fsp3) is 0.333. The summed E-state index contributed by atoms with van der Waals surface area (Å²) in [5, 5.41) is 30.2. The summed E-state index contributed by atoms with van der Waals surface area (Å²) in [5.41, 5.74) is 10.3. The van der Waals surface area contributed by atoms with Crippen LogP contribution in [-0.4, -0.2) is 80.4 Å². The fourth-order valence-electron chi connectivity index (χ4n) is 9.58. The van der Waals surface area contributed by atoms with Gasteiger partial charge in [-0.05, 0) is 110 Å². The minimum Gasteiger partial charge on any atom is -0.488 e. The topological polar surface area (TPSA) is 180 Å². The first kappa shape index (κ1) is 52.3. The number of ether oxygens (including phenoxy) is 4. The standard InChI is InChI=1S/C57H58Cl2N6O8/c1-36-42(34-72-54-22-52(70-32-40-18-38(24-60)26-62-28-40)44(20-48(54)58)30-64-16-6-4-14-50(64)56(66)67)10-8-12-46(36)47-13-9-11-43(37(47)2)35-73-55-23-53(71-33-41-19-39(25-61-3)27-63-29-41)45(21-49(55)59)31-65-17-7-5-15-51(65)57(68)69/h8-13,18-23,25-29,50-51H,4-7,14-17,30-35H2,1-3H3,(H,66,67)(H,68,69)/b61-25+/t50-,51-/m0/s1. The van der Waals surface area contributed by atoms with Crippen LogP contribution in [0.25, 0.3) is 11.1 Å². The first-order valence-electron chi connectivity index (χ1n) is 24.4. The van der Waals surface area contributed by atoms with E-state index < -0.39 is 24.0 Å². The lowest BCUT2D eigenvalue weighted by molar-refractivity contribution is -0.145. The van der Waals surface area contributed by atoms with Crippen LogP contribution in [0.1, 0.15) is 94.2 Å². The van der Waals surface area contributed by atoms with Gasteiger partial charge in [-0.3, -0.25) is 34.3 Å². The number of aliphatic carboxylic acids is 2. The second-order valence-corrected chi connectivity index (χ2v) is 19.3. The third kappa shape index (κ3) is 13.2. The van der Waals surface area contributed by atoms with Gasteiger partial charge in [-0.15, -0.1) is 0 Å². The van der Waals surface area contributed by atoms with Crippen LogP contribution in [0.2, 0.25) is 10.0 Å². The van der Waals surface area contributed by atoms with Gasteiger partial charge in [0, 0.05) is 91.1 Å². The Labute approximate surface area is 435 Å². The molecule has 0 saturated carbocycles. The number of halogens is 2. The number of piperidine rings is 2. The number of aliphatic imine (C=N–C) groups is 1. The molecule has 0 radical (unpaired) electrons. The highest BCUT2D eigenvalue weighted by atomic mass is 35.5. The van der Waals surface area contributed by atoms with Crippen LogP contribution in [0.3, 0.4) is 0 Å². The molecule has 14 nitrogen and oxygen atoms in total. The van der Waals surface area contributed by atoms with Gasteiger partial charge < -0.3 is 29.2 Å². The number of carboxylic acid groups (broad SMARTS) is 2. The highest BCUT2D eigenvalue weighted by Gasteiger charge is 2.31. The Hall–Kier alpha value is -7.02. The first-order chi connectivity index (χ1) is 35.4. The number of hydrogen-bond donors (Lipinski definition) is 2. The Morgan fingerprint density at radius 2 is 1.14 bits per heavy atom. The molecule has 0 amide bonds. The van der Waals surface area contributed by atoms with Crippen molar-refractivity contribution in [2.45, 2.75) is 104 Å². The molecule has 6 aromatic rings. The largest absolute Gasteiger partial charge is 0.488 e. The molecule has 2 aliphatic rings. The molecule has 2 atom stereocenters. The number of rotatable bonds is 20. The molecule has 16 heteroatoms. The first-order valence-corrected chi connectivity index (χ1v) is 25.1. The Balaban J connectivity index is 1.01. The van der Waals surface area contributed by atoms with Gasteiger partial charge in [-0.25, -0.2) is 0 Å². The van der Waals surface area contributed by atoms with Crippen molar-refractivity contribution < 1.29 is 38.7 Å². The van der Waals surface area contributed by atoms with Crippen LogP contribution in [0.5, 0.6) is 23.0 Å².